The molecule has 1 aromatic carbocycles. The first-order valence-electron chi connectivity index (χ1n) is 13.2. The molecule has 9 nitrogen and oxygen atoms in total. The number of carbonyl (C=O) groups is 3. The zero-order valence-electron chi connectivity index (χ0n) is 21.9. The van der Waals surface area contributed by atoms with Crippen LogP contribution in [0, 0.1) is 17.8 Å². The van der Waals surface area contributed by atoms with Gasteiger partial charge in [0.2, 0.25) is 11.8 Å². The number of amides is 2. The summed E-state index contributed by atoms with van der Waals surface area (Å²) in [6, 6.07) is 6.08. The Balaban J connectivity index is 1.68. The van der Waals surface area contributed by atoms with Gasteiger partial charge in [-0.15, -0.1) is 0 Å². The Kier molecular flexibility index (Phi) is 7.61. The molecule has 9 heteroatoms. The molecule has 0 aliphatic carbocycles. The third kappa shape index (κ3) is 4.16. The molecular formula is C27H39N3O6. The van der Waals surface area contributed by atoms with Crippen molar-refractivity contribution >= 4 is 29.2 Å². The minimum Gasteiger partial charge on any atom is -0.466 e. The van der Waals surface area contributed by atoms with E-state index in [1.54, 1.807) is 6.92 Å². The maximum atomic E-state index is 13.9. The van der Waals surface area contributed by atoms with Gasteiger partial charge in [0.25, 0.3) is 0 Å². The highest BCUT2D eigenvalue weighted by Gasteiger charge is 2.75. The van der Waals surface area contributed by atoms with Crippen LogP contribution in [0.2, 0.25) is 0 Å². The van der Waals surface area contributed by atoms with Gasteiger partial charge in [-0.1, -0.05) is 13.8 Å². The zero-order valence-corrected chi connectivity index (χ0v) is 21.9. The second kappa shape index (κ2) is 10.4. The number of aliphatic hydroxyl groups is 1. The molecule has 2 amide bonds. The Labute approximate surface area is 213 Å². The van der Waals surface area contributed by atoms with E-state index in [-0.39, 0.29) is 30.9 Å². The lowest BCUT2D eigenvalue weighted by Gasteiger charge is -2.38. The van der Waals surface area contributed by atoms with Crippen molar-refractivity contribution in [2.45, 2.75) is 71.2 Å². The number of ether oxygens (including phenoxy) is 2. The third-order valence-electron chi connectivity index (χ3n) is 8.12. The second-order valence-electron chi connectivity index (χ2n) is 10.3. The monoisotopic (exact) mass is 501 g/mol. The van der Waals surface area contributed by atoms with Crippen molar-refractivity contribution in [2.75, 3.05) is 36.5 Å². The largest absolute Gasteiger partial charge is 0.466 e. The molecule has 0 saturated carbocycles. The number of nitrogens with zero attached hydrogens (tertiary/aromatic N) is 2. The van der Waals surface area contributed by atoms with Crippen molar-refractivity contribution in [3.05, 3.63) is 24.3 Å². The number of fused-ring (bicyclic) bond motifs is 1. The van der Waals surface area contributed by atoms with E-state index < -0.39 is 41.6 Å². The lowest BCUT2D eigenvalue weighted by molar-refractivity contribution is -0.155. The Bertz CT molecular complexity index is 978. The molecule has 4 rings (SSSR count). The third-order valence-corrected chi connectivity index (χ3v) is 8.12. The van der Waals surface area contributed by atoms with Gasteiger partial charge in [-0.05, 0) is 63.8 Å². The minimum absolute atomic E-state index is 0.101. The Morgan fingerprint density at radius 3 is 2.44 bits per heavy atom. The smallest absolute Gasteiger partial charge is 0.312 e. The standard InChI is InChI=1S/C27H39N3O6/c1-6-29(7-2)18-11-9-17(10-12-18)28-24(32)23-27-14-13-20(36-27)21(26(34)35-8-3)22(27)25(33)30(23)19(15-31)16(4)5/h9-12,16,19-23,31H,6-8,13-15H2,1-5H3,(H,28,32)/t19-,20-,21+,22-,23?,27?/m0/s1. The number of anilines is 2. The SMILES string of the molecule is CCOC(=O)[C@@H]1[C@@H]2CCC3(O2)C(C(=O)Nc2ccc(N(CC)CC)cc2)N([C@@H](CO)C(C)C)C(=O)[C@H]13. The van der Waals surface area contributed by atoms with E-state index in [9.17, 15) is 19.5 Å². The van der Waals surface area contributed by atoms with Crippen molar-refractivity contribution in [2.24, 2.45) is 17.8 Å². The lowest BCUT2D eigenvalue weighted by atomic mass is 9.70. The van der Waals surface area contributed by atoms with Gasteiger partial charge in [-0.3, -0.25) is 14.4 Å². The van der Waals surface area contributed by atoms with Gasteiger partial charge in [0, 0.05) is 24.5 Å². The number of likely N-dealkylation sites (tertiary alicyclic amines) is 1. The lowest BCUT2D eigenvalue weighted by Crippen LogP contribution is -2.57. The maximum absolute atomic E-state index is 13.9. The predicted octanol–water partition coefficient (Wildman–Crippen LogP) is 2.43. The summed E-state index contributed by atoms with van der Waals surface area (Å²) in [4.78, 5) is 44.3. The number of esters is 1. The first kappa shape index (κ1) is 26.4. The van der Waals surface area contributed by atoms with Gasteiger partial charge in [0.05, 0.1) is 37.2 Å². The Morgan fingerprint density at radius 1 is 1.22 bits per heavy atom. The van der Waals surface area contributed by atoms with E-state index in [1.165, 1.54) is 4.90 Å². The molecule has 1 spiro atoms. The predicted molar refractivity (Wildman–Crippen MR) is 135 cm³/mol. The molecule has 3 fully saturated rings. The molecule has 36 heavy (non-hydrogen) atoms. The number of carbonyl (C=O) groups excluding carboxylic acids is 3. The van der Waals surface area contributed by atoms with Crippen LogP contribution in [0.5, 0.6) is 0 Å². The van der Waals surface area contributed by atoms with Gasteiger partial charge < -0.3 is 29.7 Å². The van der Waals surface area contributed by atoms with Crippen LogP contribution in [0.15, 0.2) is 24.3 Å². The molecule has 2 bridgehead atoms. The molecule has 0 aromatic heterocycles. The summed E-state index contributed by atoms with van der Waals surface area (Å²) in [6.45, 7) is 11.4. The molecule has 3 saturated heterocycles. The van der Waals surface area contributed by atoms with Gasteiger partial charge in [0.15, 0.2) is 0 Å². The van der Waals surface area contributed by atoms with Crippen molar-refractivity contribution in [1.29, 1.82) is 0 Å². The summed E-state index contributed by atoms with van der Waals surface area (Å²) in [6.07, 6.45) is 0.625. The number of rotatable bonds is 10. The fourth-order valence-electron chi connectivity index (χ4n) is 6.43. The summed E-state index contributed by atoms with van der Waals surface area (Å²) in [7, 11) is 0. The molecular weight excluding hydrogens is 462 g/mol. The van der Waals surface area contributed by atoms with Crippen LogP contribution in [0.25, 0.3) is 0 Å². The molecule has 3 aliphatic heterocycles. The summed E-state index contributed by atoms with van der Waals surface area (Å²) < 4.78 is 11.7. The minimum atomic E-state index is -1.12. The van der Waals surface area contributed by atoms with E-state index in [0.717, 1.165) is 18.8 Å². The average molecular weight is 502 g/mol. The van der Waals surface area contributed by atoms with E-state index in [2.05, 4.69) is 24.1 Å². The quantitative estimate of drug-likeness (QED) is 0.474. The number of hydrogen-bond donors (Lipinski definition) is 2. The highest BCUT2D eigenvalue weighted by atomic mass is 16.6. The van der Waals surface area contributed by atoms with Crippen molar-refractivity contribution in [3.63, 3.8) is 0 Å². The molecule has 0 radical (unpaired) electrons. The van der Waals surface area contributed by atoms with Gasteiger partial charge in [-0.2, -0.15) is 0 Å². The van der Waals surface area contributed by atoms with E-state index in [0.29, 0.717) is 18.5 Å². The van der Waals surface area contributed by atoms with Gasteiger partial charge >= 0.3 is 5.97 Å². The van der Waals surface area contributed by atoms with E-state index in [4.69, 9.17) is 9.47 Å². The fourth-order valence-corrected chi connectivity index (χ4v) is 6.43. The highest BCUT2D eigenvalue weighted by molar-refractivity contribution is 6.03. The Morgan fingerprint density at radius 2 is 1.89 bits per heavy atom. The average Bonchev–Trinajstić information content (AvgIpc) is 3.49. The summed E-state index contributed by atoms with van der Waals surface area (Å²) >= 11 is 0. The van der Waals surface area contributed by atoms with Crippen LogP contribution in [0.1, 0.15) is 47.5 Å². The van der Waals surface area contributed by atoms with Crippen LogP contribution in [-0.4, -0.2) is 77.9 Å². The summed E-state index contributed by atoms with van der Waals surface area (Å²) in [5.74, 6) is -2.79. The van der Waals surface area contributed by atoms with E-state index >= 15 is 0 Å². The van der Waals surface area contributed by atoms with Crippen molar-refractivity contribution < 1.29 is 29.0 Å². The van der Waals surface area contributed by atoms with Crippen LogP contribution in [-0.2, 0) is 23.9 Å². The maximum Gasteiger partial charge on any atom is 0.312 e. The number of hydrogen-bond acceptors (Lipinski definition) is 7. The molecule has 6 atom stereocenters. The van der Waals surface area contributed by atoms with Crippen molar-refractivity contribution in [1.82, 2.24) is 4.90 Å². The first-order valence-corrected chi connectivity index (χ1v) is 13.2. The number of aliphatic hydroxyl groups excluding tert-OH is 1. The second-order valence-corrected chi connectivity index (χ2v) is 10.3. The van der Waals surface area contributed by atoms with Gasteiger partial charge in [0.1, 0.15) is 11.6 Å². The fraction of sp³-hybridized carbons (Fsp3) is 0.667. The number of benzene rings is 1. The van der Waals surface area contributed by atoms with Crippen molar-refractivity contribution in [3.8, 4) is 0 Å². The van der Waals surface area contributed by atoms with Crippen LogP contribution in [0.4, 0.5) is 11.4 Å². The topological polar surface area (TPSA) is 108 Å². The van der Waals surface area contributed by atoms with E-state index in [1.807, 2.05) is 38.1 Å². The molecule has 3 heterocycles. The normalized spacial score (nSPS) is 29.4. The summed E-state index contributed by atoms with van der Waals surface area (Å²) in [5, 5.41) is 13.2. The molecule has 2 N–H and O–H groups in total. The number of nitrogens with one attached hydrogen (secondary N) is 1. The first-order chi connectivity index (χ1) is 17.2. The summed E-state index contributed by atoms with van der Waals surface area (Å²) in [5.41, 5.74) is 0.555. The van der Waals surface area contributed by atoms with Crippen LogP contribution < -0.4 is 10.2 Å². The van der Waals surface area contributed by atoms with Crippen LogP contribution >= 0.6 is 0 Å². The molecule has 3 aliphatic rings. The van der Waals surface area contributed by atoms with Gasteiger partial charge in [-0.25, -0.2) is 0 Å². The zero-order chi connectivity index (χ0) is 26.2. The Hall–Kier alpha value is -2.65. The molecule has 1 aromatic rings. The van der Waals surface area contributed by atoms with Crippen LogP contribution in [0.3, 0.4) is 0 Å². The highest BCUT2D eigenvalue weighted by Crippen LogP contribution is 2.59. The molecule has 2 unspecified atom stereocenters. The molecule has 198 valence electrons.